The molecule has 0 aliphatic carbocycles. The Morgan fingerprint density at radius 3 is 0.852 bits per heavy atom. The number of hydrogen-bond acceptors (Lipinski definition) is 6. The van der Waals surface area contributed by atoms with Crippen LogP contribution in [0, 0.1) is 0 Å². The van der Waals surface area contributed by atoms with Crippen LogP contribution in [0.1, 0.15) is 329 Å². The van der Waals surface area contributed by atoms with Crippen molar-refractivity contribution >= 4 is 17.9 Å². The summed E-state index contributed by atoms with van der Waals surface area (Å²) in [5.74, 6) is -0.996. The molecule has 0 radical (unpaired) electrons. The van der Waals surface area contributed by atoms with Gasteiger partial charge in [0.15, 0.2) is 6.10 Å². The van der Waals surface area contributed by atoms with Crippen LogP contribution in [0.25, 0.3) is 0 Å². The lowest BCUT2D eigenvalue weighted by Gasteiger charge is -2.18. The molecule has 0 saturated carbocycles. The Labute approximate surface area is 501 Å². The third kappa shape index (κ3) is 66.8. The first-order valence-electron chi connectivity index (χ1n) is 34.4. The molecule has 0 aromatic rings. The molecule has 0 heterocycles. The van der Waals surface area contributed by atoms with Crippen molar-refractivity contribution in [1.82, 2.24) is 0 Å². The average molecular weight is 1130 g/mol. The van der Waals surface area contributed by atoms with E-state index >= 15 is 0 Å². The smallest absolute Gasteiger partial charge is 0.306 e. The van der Waals surface area contributed by atoms with Gasteiger partial charge in [-0.3, -0.25) is 14.4 Å². The highest BCUT2D eigenvalue weighted by atomic mass is 16.6. The molecule has 0 spiro atoms. The zero-order valence-corrected chi connectivity index (χ0v) is 53.3. The number of unbranched alkanes of at least 4 members (excludes halogenated alkanes) is 33. The fourth-order valence-corrected chi connectivity index (χ4v) is 9.60. The number of esters is 3. The predicted molar refractivity (Wildman–Crippen MR) is 353 cm³/mol. The van der Waals surface area contributed by atoms with Crippen LogP contribution in [-0.2, 0) is 28.6 Å². The maximum atomic E-state index is 12.9. The summed E-state index contributed by atoms with van der Waals surface area (Å²) in [6.07, 6.45) is 94.3. The van der Waals surface area contributed by atoms with Crippen LogP contribution in [0.5, 0.6) is 0 Å². The second kappa shape index (κ2) is 68.6. The summed E-state index contributed by atoms with van der Waals surface area (Å²) >= 11 is 0. The quantitative estimate of drug-likeness (QED) is 0.0261. The monoisotopic (exact) mass is 1120 g/mol. The standard InChI is InChI=1S/C75H128O6/c1-4-7-10-13-16-19-22-24-26-28-30-31-32-33-34-35-36-37-38-39-40-41-42-43-45-46-48-50-53-56-59-62-65-68-74(77)80-71-72(70-79-73(76)67-64-61-58-55-52-21-18-15-12-9-6-3)81-75(78)69-66-63-60-57-54-51-49-47-44-29-27-25-23-20-17-14-11-8-5-2/h8,11,15,17-18,20,22,24-25,27-28,30,44,47,51,54,60,63,72H,4-7,9-10,12-14,16,19,21,23,26,29,31-43,45-46,48-50,52-53,55-59,61-62,64-71H2,1-3H3/b11-8-,18-15-,20-17-,24-22-,27-25-,30-28-,47-44-,54-51-,63-60-. The molecule has 0 aromatic carbocycles. The molecule has 0 N–H and O–H groups in total. The van der Waals surface area contributed by atoms with E-state index in [2.05, 4.69) is 124 Å². The van der Waals surface area contributed by atoms with Crippen molar-refractivity contribution in [2.75, 3.05) is 13.2 Å². The van der Waals surface area contributed by atoms with Crippen molar-refractivity contribution in [3.05, 3.63) is 109 Å². The molecule has 0 saturated heterocycles. The highest BCUT2D eigenvalue weighted by molar-refractivity contribution is 5.71. The Hall–Kier alpha value is -3.93. The predicted octanol–water partition coefficient (Wildman–Crippen LogP) is 23.8. The first kappa shape index (κ1) is 77.1. The van der Waals surface area contributed by atoms with E-state index in [1.165, 1.54) is 186 Å². The minimum Gasteiger partial charge on any atom is -0.462 e. The molecule has 0 amide bonds. The van der Waals surface area contributed by atoms with E-state index in [9.17, 15) is 14.4 Å². The molecular weight excluding hydrogens is 997 g/mol. The number of allylic oxidation sites excluding steroid dienone is 18. The fraction of sp³-hybridized carbons (Fsp3) is 0.720. The second-order valence-electron chi connectivity index (χ2n) is 22.7. The van der Waals surface area contributed by atoms with E-state index in [0.29, 0.717) is 19.3 Å². The highest BCUT2D eigenvalue weighted by Gasteiger charge is 2.19. The van der Waals surface area contributed by atoms with Crippen LogP contribution in [0.4, 0.5) is 0 Å². The van der Waals surface area contributed by atoms with E-state index in [1.807, 2.05) is 6.08 Å². The van der Waals surface area contributed by atoms with Gasteiger partial charge in [0, 0.05) is 19.3 Å². The Morgan fingerprint density at radius 2 is 0.519 bits per heavy atom. The number of carbonyl (C=O) groups is 3. The van der Waals surface area contributed by atoms with E-state index in [1.54, 1.807) is 0 Å². The Balaban J connectivity index is 4.20. The van der Waals surface area contributed by atoms with Gasteiger partial charge in [0.25, 0.3) is 0 Å². The van der Waals surface area contributed by atoms with Crippen molar-refractivity contribution in [2.45, 2.75) is 335 Å². The van der Waals surface area contributed by atoms with Crippen LogP contribution >= 0.6 is 0 Å². The molecule has 6 heteroatoms. The molecule has 0 rings (SSSR count). The molecule has 0 aromatic heterocycles. The zero-order chi connectivity index (χ0) is 58.5. The third-order valence-corrected chi connectivity index (χ3v) is 14.7. The first-order chi connectivity index (χ1) is 40.0. The topological polar surface area (TPSA) is 78.9 Å². The molecule has 81 heavy (non-hydrogen) atoms. The van der Waals surface area contributed by atoms with Crippen molar-refractivity contribution in [2.24, 2.45) is 0 Å². The summed E-state index contributed by atoms with van der Waals surface area (Å²) in [5.41, 5.74) is 0. The molecular formula is C75H128O6. The molecule has 464 valence electrons. The lowest BCUT2D eigenvalue weighted by atomic mass is 10.0. The van der Waals surface area contributed by atoms with E-state index in [0.717, 1.165) is 96.3 Å². The summed E-state index contributed by atoms with van der Waals surface area (Å²) < 4.78 is 16.8. The zero-order valence-electron chi connectivity index (χ0n) is 53.3. The highest BCUT2D eigenvalue weighted by Crippen LogP contribution is 2.17. The van der Waals surface area contributed by atoms with Crippen LogP contribution in [0.15, 0.2) is 109 Å². The lowest BCUT2D eigenvalue weighted by molar-refractivity contribution is -0.166. The molecule has 1 unspecified atom stereocenters. The average Bonchev–Trinajstić information content (AvgIpc) is 3.47. The molecule has 0 aliphatic heterocycles. The summed E-state index contributed by atoms with van der Waals surface area (Å²) in [6, 6.07) is 0. The van der Waals surface area contributed by atoms with Gasteiger partial charge in [-0.2, -0.15) is 0 Å². The molecule has 1 atom stereocenters. The van der Waals surface area contributed by atoms with Gasteiger partial charge in [-0.1, -0.05) is 310 Å². The van der Waals surface area contributed by atoms with Gasteiger partial charge >= 0.3 is 17.9 Å². The van der Waals surface area contributed by atoms with E-state index in [-0.39, 0.29) is 31.6 Å². The minimum absolute atomic E-state index is 0.109. The van der Waals surface area contributed by atoms with Gasteiger partial charge in [-0.15, -0.1) is 0 Å². The van der Waals surface area contributed by atoms with Gasteiger partial charge in [0.2, 0.25) is 0 Å². The molecule has 6 nitrogen and oxygen atoms in total. The number of hydrogen-bond donors (Lipinski definition) is 0. The SMILES string of the molecule is CC/C=C\C/C=C\C/C=C\C/C=C\C/C=C\C/C=C\CCC(=O)OC(COC(=O)CCCCCCC/C=C\CCCC)COC(=O)CCCCCCCCCCCCCCCCCCCCCCC/C=C\C/C=C\CCCCCCC. The van der Waals surface area contributed by atoms with Gasteiger partial charge in [0.05, 0.1) is 0 Å². The summed E-state index contributed by atoms with van der Waals surface area (Å²) in [6.45, 7) is 6.43. The Morgan fingerprint density at radius 1 is 0.259 bits per heavy atom. The number of rotatable bonds is 62. The third-order valence-electron chi connectivity index (χ3n) is 14.7. The summed E-state index contributed by atoms with van der Waals surface area (Å²) in [5, 5.41) is 0. The molecule has 0 fully saturated rings. The lowest BCUT2D eigenvalue weighted by Crippen LogP contribution is -2.30. The van der Waals surface area contributed by atoms with Crippen molar-refractivity contribution in [3.8, 4) is 0 Å². The van der Waals surface area contributed by atoms with E-state index < -0.39 is 12.1 Å². The van der Waals surface area contributed by atoms with Crippen molar-refractivity contribution < 1.29 is 28.6 Å². The Kier molecular flexibility index (Phi) is 65.2. The molecule has 0 bridgehead atoms. The first-order valence-corrected chi connectivity index (χ1v) is 34.4. The largest absolute Gasteiger partial charge is 0.462 e. The minimum atomic E-state index is -0.822. The van der Waals surface area contributed by atoms with Crippen molar-refractivity contribution in [1.29, 1.82) is 0 Å². The van der Waals surface area contributed by atoms with Crippen LogP contribution in [0.3, 0.4) is 0 Å². The number of carbonyl (C=O) groups excluding carboxylic acids is 3. The second-order valence-corrected chi connectivity index (χ2v) is 22.7. The Bertz CT molecular complexity index is 1620. The number of ether oxygens (including phenoxy) is 3. The molecule has 0 aliphatic rings. The summed E-state index contributed by atoms with van der Waals surface area (Å²) in [7, 11) is 0. The van der Waals surface area contributed by atoms with Gasteiger partial charge in [-0.05, 0) is 109 Å². The van der Waals surface area contributed by atoms with Gasteiger partial charge in [0.1, 0.15) is 13.2 Å². The van der Waals surface area contributed by atoms with Gasteiger partial charge in [-0.25, -0.2) is 0 Å². The summed E-state index contributed by atoms with van der Waals surface area (Å²) in [4.78, 5) is 38.2. The van der Waals surface area contributed by atoms with E-state index in [4.69, 9.17) is 14.2 Å². The maximum Gasteiger partial charge on any atom is 0.306 e. The fourth-order valence-electron chi connectivity index (χ4n) is 9.60. The van der Waals surface area contributed by atoms with Crippen LogP contribution < -0.4 is 0 Å². The normalized spacial score (nSPS) is 12.8. The van der Waals surface area contributed by atoms with Crippen molar-refractivity contribution in [3.63, 3.8) is 0 Å². The van der Waals surface area contributed by atoms with Gasteiger partial charge < -0.3 is 14.2 Å². The maximum absolute atomic E-state index is 12.9. The van der Waals surface area contributed by atoms with Crippen LogP contribution in [0.2, 0.25) is 0 Å². The van der Waals surface area contributed by atoms with Crippen LogP contribution in [-0.4, -0.2) is 37.2 Å².